The third-order valence-corrected chi connectivity index (χ3v) is 5.28. The molecule has 0 amide bonds. The van der Waals surface area contributed by atoms with Crippen LogP contribution in [-0.4, -0.2) is 9.55 Å². The Morgan fingerprint density at radius 1 is 1.14 bits per heavy atom. The van der Waals surface area contributed by atoms with Gasteiger partial charge >= 0.3 is 0 Å². The van der Waals surface area contributed by atoms with Crippen molar-refractivity contribution in [3.63, 3.8) is 0 Å². The van der Waals surface area contributed by atoms with Gasteiger partial charge in [0.1, 0.15) is 0 Å². The fraction of sp³-hybridized carbons (Fsp3) is 0.118. The summed E-state index contributed by atoms with van der Waals surface area (Å²) in [6.45, 7) is 3.09. The van der Waals surface area contributed by atoms with Crippen molar-refractivity contribution in [3.05, 3.63) is 53.0 Å². The summed E-state index contributed by atoms with van der Waals surface area (Å²) in [5.74, 6) is 1.06. The van der Waals surface area contributed by atoms with Crippen molar-refractivity contribution in [1.82, 2.24) is 9.55 Å². The van der Waals surface area contributed by atoms with Crippen LogP contribution in [0.5, 0.6) is 0 Å². The lowest BCUT2D eigenvalue weighted by Gasteiger charge is -2.03. The Balaban J connectivity index is 2.00. The lowest BCUT2D eigenvalue weighted by molar-refractivity contribution is 0.798. The van der Waals surface area contributed by atoms with Gasteiger partial charge in [-0.3, -0.25) is 0 Å². The highest BCUT2D eigenvalue weighted by Crippen LogP contribution is 2.35. The maximum Gasteiger partial charge on any atom is 0.151 e. The monoisotopic (exact) mass is 356 g/mol. The first-order chi connectivity index (χ1) is 10.3. The van der Waals surface area contributed by atoms with Gasteiger partial charge in [0.05, 0.1) is 15.9 Å². The smallest absolute Gasteiger partial charge is 0.151 e. The van der Waals surface area contributed by atoms with Crippen LogP contribution in [0.2, 0.25) is 0 Å². The molecule has 4 aromatic rings. The van der Waals surface area contributed by atoms with E-state index in [1.54, 1.807) is 11.3 Å². The molecule has 0 atom stereocenters. The largest absolute Gasteiger partial charge is 0.324 e. The number of thiophene rings is 1. The van der Waals surface area contributed by atoms with Crippen molar-refractivity contribution in [2.24, 2.45) is 0 Å². The molecule has 2 heterocycles. The van der Waals surface area contributed by atoms with Crippen LogP contribution in [0.25, 0.3) is 31.8 Å². The summed E-state index contributed by atoms with van der Waals surface area (Å²) < 4.78 is 4.66. The molecule has 0 unspecified atom stereocenters. The van der Waals surface area contributed by atoms with Gasteiger partial charge in [0, 0.05) is 15.7 Å². The van der Waals surface area contributed by atoms with E-state index in [1.807, 2.05) is 0 Å². The van der Waals surface area contributed by atoms with Crippen LogP contribution in [0.3, 0.4) is 0 Å². The molecule has 0 N–H and O–H groups in total. The highest BCUT2D eigenvalue weighted by Gasteiger charge is 2.14. The van der Waals surface area contributed by atoms with E-state index < -0.39 is 0 Å². The van der Waals surface area contributed by atoms with Gasteiger partial charge in [0.25, 0.3) is 0 Å². The molecule has 0 aliphatic heterocycles. The van der Waals surface area contributed by atoms with Gasteiger partial charge < -0.3 is 4.57 Å². The van der Waals surface area contributed by atoms with E-state index in [0.29, 0.717) is 0 Å². The van der Waals surface area contributed by atoms with Gasteiger partial charge in [-0.05, 0) is 42.6 Å². The normalized spacial score (nSPS) is 11.5. The molecule has 4 heteroatoms. The molecule has 2 nitrogen and oxygen atoms in total. The van der Waals surface area contributed by atoms with Gasteiger partial charge in [-0.1, -0.05) is 34.1 Å². The first-order valence-electron chi connectivity index (χ1n) is 6.91. The Bertz CT molecular complexity index is 919. The van der Waals surface area contributed by atoms with Crippen LogP contribution in [0.4, 0.5) is 0 Å². The number of fused-ring (bicyclic) bond motifs is 2. The number of halogens is 1. The Morgan fingerprint density at radius 3 is 2.81 bits per heavy atom. The van der Waals surface area contributed by atoms with Gasteiger partial charge in [-0.15, -0.1) is 11.3 Å². The van der Waals surface area contributed by atoms with Crippen LogP contribution in [0, 0.1) is 0 Å². The van der Waals surface area contributed by atoms with E-state index in [1.165, 1.54) is 20.5 Å². The van der Waals surface area contributed by atoms with Gasteiger partial charge in [-0.2, -0.15) is 0 Å². The zero-order valence-electron chi connectivity index (χ0n) is 11.5. The van der Waals surface area contributed by atoms with Crippen LogP contribution in [0.1, 0.15) is 6.92 Å². The minimum atomic E-state index is 0.918. The molecule has 0 bridgehead atoms. The zero-order chi connectivity index (χ0) is 14.4. The molecule has 0 aliphatic carbocycles. The summed E-state index contributed by atoms with van der Waals surface area (Å²) in [5, 5.41) is 1.29. The Kier molecular flexibility index (Phi) is 3.08. The molecular weight excluding hydrogens is 344 g/mol. The predicted octanol–water partition coefficient (Wildman–Crippen LogP) is 5.70. The highest BCUT2D eigenvalue weighted by molar-refractivity contribution is 9.10. The molecule has 0 radical (unpaired) electrons. The number of nitrogens with zero attached hydrogens (tertiary/aromatic N) is 2. The van der Waals surface area contributed by atoms with Gasteiger partial charge in [0.15, 0.2) is 5.82 Å². The molecule has 0 spiro atoms. The fourth-order valence-electron chi connectivity index (χ4n) is 2.70. The first kappa shape index (κ1) is 13.0. The Labute approximate surface area is 135 Å². The first-order valence-corrected chi connectivity index (χ1v) is 8.52. The molecular formula is C17H13BrN2S. The average Bonchev–Trinajstić information content (AvgIpc) is 3.06. The zero-order valence-corrected chi connectivity index (χ0v) is 13.9. The maximum atomic E-state index is 4.85. The number of aromatic nitrogens is 2. The summed E-state index contributed by atoms with van der Waals surface area (Å²) in [6.07, 6.45) is 0. The summed E-state index contributed by atoms with van der Waals surface area (Å²) in [7, 11) is 0. The van der Waals surface area contributed by atoms with Crippen LogP contribution >= 0.6 is 27.3 Å². The molecule has 0 fully saturated rings. The second-order valence-electron chi connectivity index (χ2n) is 4.96. The molecule has 2 aromatic carbocycles. The molecule has 104 valence electrons. The number of aryl methyl sites for hydroxylation is 1. The van der Waals surface area contributed by atoms with Crippen LogP contribution in [0.15, 0.2) is 53.0 Å². The molecule has 4 rings (SSSR count). The Hall–Kier alpha value is -1.65. The van der Waals surface area contributed by atoms with Crippen LogP contribution in [-0.2, 0) is 6.54 Å². The van der Waals surface area contributed by atoms with Crippen molar-refractivity contribution >= 4 is 48.4 Å². The second kappa shape index (κ2) is 4.97. The van der Waals surface area contributed by atoms with Crippen molar-refractivity contribution in [2.75, 3.05) is 0 Å². The predicted molar refractivity (Wildman–Crippen MR) is 93.9 cm³/mol. The van der Waals surface area contributed by atoms with Crippen molar-refractivity contribution in [1.29, 1.82) is 0 Å². The number of hydrogen-bond acceptors (Lipinski definition) is 2. The van der Waals surface area contributed by atoms with E-state index in [0.717, 1.165) is 22.4 Å². The minimum Gasteiger partial charge on any atom is -0.324 e. The van der Waals surface area contributed by atoms with E-state index in [9.17, 15) is 0 Å². The summed E-state index contributed by atoms with van der Waals surface area (Å²) in [6, 6.07) is 17.0. The third-order valence-electron chi connectivity index (χ3n) is 3.67. The summed E-state index contributed by atoms with van der Waals surface area (Å²) in [4.78, 5) is 6.08. The van der Waals surface area contributed by atoms with Crippen molar-refractivity contribution in [2.45, 2.75) is 13.5 Å². The van der Waals surface area contributed by atoms with Gasteiger partial charge in [-0.25, -0.2) is 4.98 Å². The number of hydrogen-bond donors (Lipinski definition) is 0. The molecule has 21 heavy (non-hydrogen) atoms. The van der Waals surface area contributed by atoms with E-state index in [4.69, 9.17) is 4.98 Å². The average molecular weight is 357 g/mol. The molecule has 0 aliphatic rings. The molecule has 0 saturated heterocycles. The number of benzene rings is 2. The van der Waals surface area contributed by atoms with E-state index in [2.05, 4.69) is 76.0 Å². The van der Waals surface area contributed by atoms with Crippen molar-refractivity contribution < 1.29 is 0 Å². The number of rotatable bonds is 2. The lowest BCUT2D eigenvalue weighted by atomic mass is 10.2. The fourth-order valence-corrected chi connectivity index (χ4v) is 4.11. The van der Waals surface area contributed by atoms with E-state index >= 15 is 0 Å². The molecule has 2 aromatic heterocycles. The van der Waals surface area contributed by atoms with Crippen LogP contribution < -0.4 is 0 Å². The maximum absolute atomic E-state index is 4.85. The quantitative estimate of drug-likeness (QED) is 0.450. The summed E-state index contributed by atoms with van der Waals surface area (Å²) >= 11 is 5.33. The summed E-state index contributed by atoms with van der Waals surface area (Å²) in [5.41, 5.74) is 2.23. The highest BCUT2D eigenvalue weighted by atomic mass is 79.9. The SMILES string of the molecule is CCn1c(-c2cc3ccccc3s2)nc2cc(Br)ccc21. The second-order valence-corrected chi connectivity index (χ2v) is 6.96. The standard InChI is InChI=1S/C17H13BrN2S/c1-2-20-14-8-7-12(18)10-13(14)19-17(20)16-9-11-5-3-4-6-15(11)21-16/h3-10H,2H2,1H3. The minimum absolute atomic E-state index is 0.918. The Morgan fingerprint density at radius 2 is 2.00 bits per heavy atom. The lowest BCUT2D eigenvalue weighted by Crippen LogP contribution is -1.95. The third kappa shape index (κ3) is 2.10. The van der Waals surface area contributed by atoms with Gasteiger partial charge in [0.2, 0.25) is 0 Å². The molecule has 0 saturated carbocycles. The number of imidazole rings is 1. The topological polar surface area (TPSA) is 17.8 Å². The van der Waals surface area contributed by atoms with Crippen molar-refractivity contribution in [3.8, 4) is 10.7 Å². The van der Waals surface area contributed by atoms with E-state index in [-0.39, 0.29) is 0 Å².